The van der Waals surface area contributed by atoms with Crippen LogP contribution in [0.5, 0.6) is 11.5 Å². The van der Waals surface area contributed by atoms with Crippen LogP contribution in [0.3, 0.4) is 0 Å². The van der Waals surface area contributed by atoms with Crippen LogP contribution in [0.25, 0.3) is 6.08 Å². The molecule has 2 amide bonds. The first-order valence-corrected chi connectivity index (χ1v) is 7.94. The van der Waals surface area contributed by atoms with Gasteiger partial charge >= 0.3 is 5.97 Å². The van der Waals surface area contributed by atoms with Gasteiger partial charge in [0.05, 0.1) is 25.7 Å². The number of methoxy groups -OCH3 is 2. The molecule has 0 spiro atoms. The summed E-state index contributed by atoms with van der Waals surface area (Å²) in [6.45, 7) is 1.45. The van der Waals surface area contributed by atoms with E-state index in [9.17, 15) is 14.4 Å². The lowest BCUT2D eigenvalue weighted by Crippen LogP contribution is -2.34. The van der Waals surface area contributed by atoms with Gasteiger partial charge in [-0.1, -0.05) is 0 Å². The molecule has 1 aliphatic rings. The molecule has 2 rings (SSSR count). The van der Waals surface area contributed by atoms with Crippen LogP contribution in [0.15, 0.2) is 23.1 Å². The first-order valence-electron chi connectivity index (χ1n) is 7.13. The van der Waals surface area contributed by atoms with Crippen LogP contribution in [0.4, 0.5) is 4.79 Å². The molecule has 7 nitrogen and oxygen atoms in total. The van der Waals surface area contributed by atoms with E-state index in [0.717, 1.165) is 16.7 Å². The van der Waals surface area contributed by atoms with Gasteiger partial charge in [-0.3, -0.25) is 19.3 Å². The van der Waals surface area contributed by atoms with Gasteiger partial charge in [-0.2, -0.15) is 0 Å². The number of thioether (sulfide) groups is 1. The number of hydrogen-bond donors (Lipinski definition) is 0. The third-order valence-electron chi connectivity index (χ3n) is 3.19. The SMILES string of the molecule is CCOC(=O)CN1C(=O)S/C(=C\c2ccc(OC)cc2OC)C1=O. The van der Waals surface area contributed by atoms with Crippen molar-refractivity contribution in [2.24, 2.45) is 0 Å². The van der Waals surface area contributed by atoms with E-state index in [4.69, 9.17) is 14.2 Å². The Labute approximate surface area is 143 Å². The number of rotatable bonds is 6. The van der Waals surface area contributed by atoms with Crippen molar-refractivity contribution in [2.45, 2.75) is 6.92 Å². The van der Waals surface area contributed by atoms with E-state index in [-0.39, 0.29) is 11.5 Å². The highest BCUT2D eigenvalue weighted by molar-refractivity contribution is 8.18. The first-order chi connectivity index (χ1) is 11.5. The summed E-state index contributed by atoms with van der Waals surface area (Å²) in [6, 6.07) is 5.11. The van der Waals surface area contributed by atoms with Crippen LogP contribution in [-0.4, -0.2) is 49.4 Å². The summed E-state index contributed by atoms with van der Waals surface area (Å²) in [6.07, 6.45) is 1.55. The summed E-state index contributed by atoms with van der Waals surface area (Å²) in [4.78, 5) is 36.8. The Morgan fingerprint density at radius 3 is 2.62 bits per heavy atom. The molecule has 1 aromatic rings. The average Bonchev–Trinajstić information content (AvgIpc) is 2.83. The normalized spacial score (nSPS) is 15.8. The molecule has 0 unspecified atom stereocenters. The van der Waals surface area contributed by atoms with Crippen LogP contribution < -0.4 is 9.47 Å². The van der Waals surface area contributed by atoms with Gasteiger partial charge in [-0.15, -0.1) is 0 Å². The second kappa shape index (κ2) is 7.87. The van der Waals surface area contributed by atoms with Crippen molar-refractivity contribution >= 4 is 35.0 Å². The lowest BCUT2D eigenvalue weighted by atomic mass is 10.1. The monoisotopic (exact) mass is 351 g/mol. The molecule has 0 radical (unpaired) electrons. The predicted molar refractivity (Wildman–Crippen MR) is 88.9 cm³/mol. The quantitative estimate of drug-likeness (QED) is 0.574. The maximum Gasteiger partial charge on any atom is 0.326 e. The van der Waals surface area contributed by atoms with Gasteiger partial charge in [0.25, 0.3) is 11.1 Å². The predicted octanol–water partition coefficient (Wildman–Crippen LogP) is 2.30. The zero-order chi connectivity index (χ0) is 17.7. The summed E-state index contributed by atoms with van der Waals surface area (Å²) in [5.41, 5.74) is 0.625. The molecule has 0 aromatic heterocycles. The molecule has 0 atom stereocenters. The lowest BCUT2D eigenvalue weighted by Gasteiger charge is -2.11. The number of imide groups is 1. The maximum atomic E-state index is 12.3. The minimum Gasteiger partial charge on any atom is -0.497 e. The van der Waals surface area contributed by atoms with Gasteiger partial charge in [-0.25, -0.2) is 0 Å². The zero-order valence-corrected chi connectivity index (χ0v) is 14.3. The Morgan fingerprint density at radius 2 is 2.00 bits per heavy atom. The van der Waals surface area contributed by atoms with E-state index in [2.05, 4.69) is 0 Å². The van der Waals surface area contributed by atoms with Crippen molar-refractivity contribution in [3.8, 4) is 11.5 Å². The van der Waals surface area contributed by atoms with Crippen molar-refractivity contribution in [1.82, 2.24) is 4.90 Å². The molecule has 0 N–H and O–H groups in total. The summed E-state index contributed by atoms with van der Waals surface area (Å²) < 4.78 is 15.2. The lowest BCUT2D eigenvalue weighted by molar-refractivity contribution is -0.145. The van der Waals surface area contributed by atoms with Gasteiger partial charge in [0.1, 0.15) is 18.0 Å². The average molecular weight is 351 g/mol. The van der Waals surface area contributed by atoms with E-state index in [1.54, 1.807) is 31.2 Å². The second-order valence-corrected chi connectivity index (χ2v) is 5.67. The molecule has 24 heavy (non-hydrogen) atoms. The third kappa shape index (κ3) is 3.88. The largest absolute Gasteiger partial charge is 0.497 e. The minimum atomic E-state index is -0.622. The van der Waals surface area contributed by atoms with Crippen LogP contribution in [-0.2, 0) is 14.3 Å². The van der Waals surface area contributed by atoms with Gasteiger partial charge < -0.3 is 14.2 Å². The van der Waals surface area contributed by atoms with Crippen molar-refractivity contribution < 1.29 is 28.6 Å². The van der Waals surface area contributed by atoms with Crippen LogP contribution in [0.1, 0.15) is 12.5 Å². The van der Waals surface area contributed by atoms with Crippen molar-refractivity contribution in [2.75, 3.05) is 27.4 Å². The smallest absolute Gasteiger partial charge is 0.326 e. The van der Waals surface area contributed by atoms with Crippen molar-refractivity contribution in [3.05, 3.63) is 28.7 Å². The number of amides is 2. The van der Waals surface area contributed by atoms with Crippen LogP contribution in [0, 0.1) is 0 Å². The molecule has 0 aliphatic carbocycles. The number of carbonyl (C=O) groups is 3. The first kappa shape index (κ1) is 17.9. The number of ether oxygens (including phenoxy) is 3. The molecular weight excluding hydrogens is 334 g/mol. The van der Waals surface area contributed by atoms with Crippen molar-refractivity contribution in [1.29, 1.82) is 0 Å². The van der Waals surface area contributed by atoms with Gasteiger partial charge in [0, 0.05) is 11.6 Å². The van der Waals surface area contributed by atoms with Gasteiger partial charge in [0.15, 0.2) is 0 Å². The standard InChI is InChI=1S/C16H17NO6S/c1-4-23-14(18)9-17-15(19)13(24-16(17)20)7-10-5-6-11(21-2)8-12(10)22-3/h5-8H,4,9H2,1-3H3/b13-7-. The molecular formula is C16H17NO6S. The molecule has 128 valence electrons. The van der Waals surface area contributed by atoms with Crippen LogP contribution in [0.2, 0.25) is 0 Å². The maximum absolute atomic E-state index is 12.3. The van der Waals surface area contributed by atoms with Gasteiger partial charge in [-0.05, 0) is 36.9 Å². The molecule has 1 aromatic carbocycles. The fourth-order valence-corrected chi connectivity index (χ4v) is 2.88. The minimum absolute atomic E-state index is 0.188. The van der Waals surface area contributed by atoms with E-state index in [0.29, 0.717) is 17.1 Å². The fourth-order valence-electron chi connectivity index (χ4n) is 2.05. The summed E-state index contributed by atoms with van der Waals surface area (Å²) >= 11 is 0.770. The molecule has 1 fully saturated rings. The Morgan fingerprint density at radius 1 is 1.25 bits per heavy atom. The Kier molecular flexibility index (Phi) is 5.86. The number of carbonyl (C=O) groups excluding carboxylic acids is 3. The van der Waals surface area contributed by atoms with E-state index >= 15 is 0 Å². The molecule has 8 heteroatoms. The van der Waals surface area contributed by atoms with Gasteiger partial charge in [0.2, 0.25) is 0 Å². The Hall–Kier alpha value is -2.48. The summed E-state index contributed by atoms with van der Waals surface area (Å²) in [5, 5.41) is -0.508. The number of nitrogens with zero attached hydrogens (tertiary/aromatic N) is 1. The molecule has 0 bridgehead atoms. The summed E-state index contributed by atoms with van der Waals surface area (Å²) in [5.74, 6) is -0.0371. The second-order valence-electron chi connectivity index (χ2n) is 4.68. The fraction of sp³-hybridized carbons (Fsp3) is 0.312. The molecule has 1 aliphatic heterocycles. The highest BCUT2D eigenvalue weighted by atomic mass is 32.2. The van der Waals surface area contributed by atoms with Crippen molar-refractivity contribution in [3.63, 3.8) is 0 Å². The number of hydrogen-bond acceptors (Lipinski definition) is 7. The third-order valence-corrected chi connectivity index (χ3v) is 4.10. The Balaban J connectivity index is 2.24. The number of esters is 1. The molecule has 1 heterocycles. The topological polar surface area (TPSA) is 82.1 Å². The highest BCUT2D eigenvalue weighted by Gasteiger charge is 2.36. The zero-order valence-electron chi connectivity index (χ0n) is 13.5. The van der Waals surface area contributed by atoms with E-state index in [1.807, 2.05) is 0 Å². The highest BCUT2D eigenvalue weighted by Crippen LogP contribution is 2.34. The summed E-state index contributed by atoms with van der Waals surface area (Å²) in [7, 11) is 3.04. The number of benzene rings is 1. The van der Waals surface area contributed by atoms with E-state index in [1.165, 1.54) is 14.2 Å². The molecule has 0 saturated carbocycles. The Bertz CT molecular complexity index is 700. The van der Waals surface area contributed by atoms with Crippen LogP contribution >= 0.6 is 11.8 Å². The van der Waals surface area contributed by atoms with E-state index < -0.39 is 23.7 Å². The molecule has 1 saturated heterocycles.